The second kappa shape index (κ2) is 6.71. The van der Waals surface area contributed by atoms with Gasteiger partial charge in [0.15, 0.2) is 0 Å². The Bertz CT molecular complexity index is 395. The van der Waals surface area contributed by atoms with Crippen LogP contribution in [0.5, 0.6) is 0 Å². The summed E-state index contributed by atoms with van der Waals surface area (Å²) in [5.74, 6) is 0.522. The largest absolute Gasteiger partial charge is 0.376 e. The molecule has 0 saturated heterocycles. The Morgan fingerprint density at radius 2 is 1.75 bits per heavy atom. The van der Waals surface area contributed by atoms with E-state index >= 15 is 0 Å². The van der Waals surface area contributed by atoms with E-state index in [9.17, 15) is 0 Å². The van der Waals surface area contributed by atoms with Crippen LogP contribution in [0.3, 0.4) is 0 Å². The van der Waals surface area contributed by atoms with Crippen molar-refractivity contribution in [3.8, 4) is 0 Å². The third kappa shape index (κ3) is 6.04. The first kappa shape index (κ1) is 17.2. The van der Waals surface area contributed by atoms with Gasteiger partial charge in [-0.05, 0) is 56.6 Å². The summed E-state index contributed by atoms with van der Waals surface area (Å²) < 4.78 is 5.73. The zero-order valence-corrected chi connectivity index (χ0v) is 14.3. The first-order valence-electron chi connectivity index (χ1n) is 7.68. The number of aryl methyl sites for hydroxylation is 1. The molecular formula is C18H31NO. The minimum absolute atomic E-state index is 0.0422. The molecule has 0 spiro atoms. The Kier molecular flexibility index (Phi) is 5.76. The molecule has 20 heavy (non-hydrogen) atoms. The fraction of sp³-hybridized carbons (Fsp3) is 0.722. The summed E-state index contributed by atoms with van der Waals surface area (Å²) in [7, 11) is 0. The van der Waals surface area contributed by atoms with Gasteiger partial charge in [0.25, 0.3) is 0 Å². The van der Waals surface area contributed by atoms with Crippen LogP contribution in [-0.2, 0) is 11.2 Å². The predicted molar refractivity (Wildman–Crippen MR) is 86.1 cm³/mol. The highest BCUT2D eigenvalue weighted by Gasteiger charge is 2.21. The highest BCUT2D eigenvalue weighted by atomic mass is 16.5. The summed E-state index contributed by atoms with van der Waals surface area (Å²) in [4.78, 5) is 4.59. The normalized spacial score (nSPS) is 14.3. The minimum atomic E-state index is -0.0422. The maximum absolute atomic E-state index is 5.73. The number of ether oxygens (including phenoxy) is 1. The van der Waals surface area contributed by atoms with Crippen molar-refractivity contribution in [3.05, 3.63) is 29.6 Å². The second-order valence-electron chi connectivity index (χ2n) is 7.73. The van der Waals surface area contributed by atoms with E-state index in [1.807, 2.05) is 6.20 Å². The third-order valence-electron chi connectivity index (χ3n) is 3.76. The van der Waals surface area contributed by atoms with E-state index in [0.29, 0.717) is 5.92 Å². The van der Waals surface area contributed by atoms with Crippen LogP contribution in [0.2, 0.25) is 0 Å². The van der Waals surface area contributed by atoms with Gasteiger partial charge in [-0.15, -0.1) is 0 Å². The summed E-state index contributed by atoms with van der Waals surface area (Å²) in [5.41, 5.74) is 2.72. The lowest BCUT2D eigenvalue weighted by atomic mass is 9.78. The zero-order valence-electron chi connectivity index (χ0n) is 14.3. The van der Waals surface area contributed by atoms with Crippen LogP contribution in [0.25, 0.3) is 0 Å². The number of aromatic nitrogens is 1. The van der Waals surface area contributed by atoms with Gasteiger partial charge < -0.3 is 4.74 Å². The molecule has 1 aromatic heterocycles. The number of nitrogens with zero attached hydrogens (tertiary/aromatic N) is 1. The van der Waals surface area contributed by atoms with E-state index in [-0.39, 0.29) is 11.0 Å². The molecule has 114 valence electrons. The van der Waals surface area contributed by atoms with E-state index in [1.54, 1.807) is 0 Å². The van der Waals surface area contributed by atoms with Gasteiger partial charge in [-0.1, -0.05) is 33.8 Å². The molecule has 0 N–H and O–H groups in total. The van der Waals surface area contributed by atoms with Crippen LogP contribution in [0.4, 0.5) is 0 Å². The summed E-state index contributed by atoms with van der Waals surface area (Å²) in [6.07, 6.45) is 4.05. The molecule has 0 aliphatic heterocycles. The average molecular weight is 277 g/mol. The van der Waals surface area contributed by atoms with Crippen LogP contribution in [0, 0.1) is 5.41 Å². The molecule has 1 aromatic rings. The molecular weight excluding hydrogens is 246 g/mol. The van der Waals surface area contributed by atoms with Gasteiger partial charge in [-0.25, -0.2) is 0 Å². The van der Waals surface area contributed by atoms with E-state index in [1.165, 1.54) is 5.56 Å². The van der Waals surface area contributed by atoms with Gasteiger partial charge in [0.05, 0.1) is 5.60 Å². The van der Waals surface area contributed by atoms with Crippen molar-refractivity contribution in [2.45, 2.75) is 72.8 Å². The fourth-order valence-electron chi connectivity index (χ4n) is 1.97. The third-order valence-corrected chi connectivity index (χ3v) is 3.76. The molecule has 0 aliphatic rings. The minimum Gasteiger partial charge on any atom is -0.376 e. The number of hydrogen-bond donors (Lipinski definition) is 0. The van der Waals surface area contributed by atoms with Crippen LogP contribution in [0.15, 0.2) is 18.3 Å². The average Bonchev–Trinajstić information content (AvgIpc) is 2.32. The Morgan fingerprint density at radius 1 is 1.10 bits per heavy atom. The van der Waals surface area contributed by atoms with Gasteiger partial charge in [0, 0.05) is 18.5 Å². The molecule has 0 bridgehead atoms. The number of rotatable bonds is 5. The molecule has 2 nitrogen and oxygen atoms in total. The summed E-state index contributed by atoms with van der Waals surface area (Å²) in [5, 5.41) is 0. The van der Waals surface area contributed by atoms with Crippen molar-refractivity contribution in [1.29, 1.82) is 0 Å². The highest BCUT2D eigenvalue weighted by Crippen LogP contribution is 2.33. The predicted octanol–water partition coefficient (Wildman–Crippen LogP) is 4.98. The van der Waals surface area contributed by atoms with Crippen molar-refractivity contribution >= 4 is 0 Å². The maximum Gasteiger partial charge on any atom is 0.0598 e. The van der Waals surface area contributed by atoms with Crippen molar-refractivity contribution in [1.82, 2.24) is 4.98 Å². The quantitative estimate of drug-likeness (QED) is 0.708. The molecule has 1 atom stereocenters. The topological polar surface area (TPSA) is 22.1 Å². The standard InChI is InChI=1S/C18H31NO/c1-14(17(2,3)4)15-10-11-16(19-13-15)9-8-12-20-18(5,6)7/h10-11,13-14H,8-9,12H2,1-7H3. The van der Waals surface area contributed by atoms with Crippen LogP contribution >= 0.6 is 0 Å². The summed E-state index contributed by atoms with van der Waals surface area (Å²) in [6.45, 7) is 16.2. The summed E-state index contributed by atoms with van der Waals surface area (Å²) in [6, 6.07) is 4.39. The molecule has 0 fully saturated rings. The molecule has 0 amide bonds. The van der Waals surface area contributed by atoms with Crippen LogP contribution < -0.4 is 0 Å². The Hall–Kier alpha value is -0.890. The SMILES string of the molecule is CC(c1ccc(CCCOC(C)(C)C)nc1)C(C)(C)C. The number of pyridine rings is 1. The lowest BCUT2D eigenvalue weighted by molar-refractivity contribution is -0.00392. The molecule has 0 aliphatic carbocycles. The first-order valence-corrected chi connectivity index (χ1v) is 7.68. The monoisotopic (exact) mass is 277 g/mol. The van der Waals surface area contributed by atoms with Crippen LogP contribution in [-0.4, -0.2) is 17.2 Å². The lowest BCUT2D eigenvalue weighted by Crippen LogP contribution is -2.20. The smallest absolute Gasteiger partial charge is 0.0598 e. The van der Waals surface area contributed by atoms with Crippen molar-refractivity contribution in [2.24, 2.45) is 5.41 Å². The molecule has 0 saturated carbocycles. The molecule has 1 rings (SSSR count). The highest BCUT2D eigenvalue weighted by molar-refractivity contribution is 5.19. The van der Waals surface area contributed by atoms with E-state index in [0.717, 1.165) is 25.1 Å². The van der Waals surface area contributed by atoms with Crippen molar-refractivity contribution < 1.29 is 4.74 Å². The Morgan fingerprint density at radius 3 is 2.20 bits per heavy atom. The van der Waals surface area contributed by atoms with Gasteiger partial charge >= 0.3 is 0 Å². The molecule has 0 radical (unpaired) electrons. The fourth-order valence-corrected chi connectivity index (χ4v) is 1.97. The molecule has 0 aromatic carbocycles. The lowest BCUT2D eigenvalue weighted by Gasteiger charge is -2.27. The Balaban J connectivity index is 2.47. The Labute approximate surface area is 125 Å². The number of hydrogen-bond acceptors (Lipinski definition) is 2. The van der Waals surface area contributed by atoms with Crippen LogP contribution in [0.1, 0.15) is 72.1 Å². The molecule has 2 heteroatoms. The van der Waals surface area contributed by atoms with Gasteiger partial charge in [-0.3, -0.25) is 4.98 Å². The van der Waals surface area contributed by atoms with E-state index in [2.05, 4.69) is 65.6 Å². The van der Waals surface area contributed by atoms with E-state index < -0.39 is 0 Å². The second-order valence-corrected chi connectivity index (χ2v) is 7.73. The van der Waals surface area contributed by atoms with Gasteiger partial charge in [-0.2, -0.15) is 0 Å². The van der Waals surface area contributed by atoms with Gasteiger partial charge in [0.2, 0.25) is 0 Å². The molecule has 1 unspecified atom stereocenters. The van der Waals surface area contributed by atoms with Crippen molar-refractivity contribution in [3.63, 3.8) is 0 Å². The maximum atomic E-state index is 5.73. The molecule has 1 heterocycles. The van der Waals surface area contributed by atoms with E-state index in [4.69, 9.17) is 4.74 Å². The first-order chi connectivity index (χ1) is 9.09. The zero-order chi connectivity index (χ0) is 15.4. The van der Waals surface area contributed by atoms with Gasteiger partial charge in [0.1, 0.15) is 0 Å². The van der Waals surface area contributed by atoms with Crippen molar-refractivity contribution in [2.75, 3.05) is 6.61 Å². The summed E-state index contributed by atoms with van der Waals surface area (Å²) >= 11 is 0.